The number of primary amides is 1. The van der Waals surface area contributed by atoms with Crippen molar-refractivity contribution in [2.24, 2.45) is 5.73 Å². The SMILES string of the molecule is CC(Nc1cccc(C(N)=O)c1)c1ccc(C(=O)O)o1. The molecule has 0 radical (unpaired) electrons. The zero-order chi connectivity index (χ0) is 14.7. The fourth-order valence-corrected chi connectivity index (χ4v) is 1.78. The molecule has 0 bridgehead atoms. The Balaban J connectivity index is 2.14. The molecule has 0 saturated carbocycles. The number of nitrogens with one attached hydrogen (secondary N) is 1. The van der Waals surface area contributed by atoms with E-state index in [1.165, 1.54) is 6.07 Å². The van der Waals surface area contributed by atoms with Crippen LogP contribution in [0.1, 0.15) is 39.6 Å². The molecule has 1 amide bonds. The Bertz CT molecular complexity index is 648. The molecule has 0 aliphatic carbocycles. The Morgan fingerprint density at radius 1 is 1.30 bits per heavy atom. The van der Waals surface area contributed by atoms with Crippen LogP contribution in [0.25, 0.3) is 0 Å². The van der Waals surface area contributed by atoms with Crippen molar-refractivity contribution in [1.82, 2.24) is 0 Å². The Labute approximate surface area is 115 Å². The summed E-state index contributed by atoms with van der Waals surface area (Å²) < 4.78 is 5.20. The van der Waals surface area contributed by atoms with Gasteiger partial charge < -0.3 is 20.6 Å². The van der Waals surface area contributed by atoms with E-state index in [4.69, 9.17) is 15.3 Å². The zero-order valence-corrected chi connectivity index (χ0v) is 10.8. The maximum atomic E-state index is 11.1. The van der Waals surface area contributed by atoms with Crippen LogP contribution in [-0.2, 0) is 0 Å². The second-order valence-electron chi connectivity index (χ2n) is 4.32. The molecule has 20 heavy (non-hydrogen) atoms. The summed E-state index contributed by atoms with van der Waals surface area (Å²) in [5.74, 6) is -1.24. The molecule has 2 rings (SSSR count). The number of hydrogen-bond acceptors (Lipinski definition) is 4. The summed E-state index contributed by atoms with van der Waals surface area (Å²) >= 11 is 0. The molecule has 0 spiro atoms. The summed E-state index contributed by atoms with van der Waals surface area (Å²) in [6.45, 7) is 1.82. The van der Waals surface area contributed by atoms with Gasteiger partial charge >= 0.3 is 5.97 Å². The molecule has 1 unspecified atom stereocenters. The normalized spacial score (nSPS) is 11.8. The van der Waals surface area contributed by atoms with Crippen molar-refractivity contribution >= 4 is 17.6 Å². The first-order valence-corrected chi connectivity index (χ1v) is 5.97. The number of anilines is 1. The Morgan fingerprint density at radius 3 is 2.65 bits per heavy atom. The number of amides is 1. The molecule has 0 fully saturated rings. The first-order chi connectivity index (χ1) is 9.47. The fraction of sp³-hybridized carbons (Fsp3) is 0.143. The fourth-order valence-electron chi connectivity index (χ4n) is 1.78. The van der Waals surface area contributed by atoms with E-state index in [9.17, 15) is 9.59 Å². The second-order valence-corrected chi connectivity index (χ2v) is 4.32. The maximum Gasteiger partial charge on any atom is 0.371 e. The molecule has 6 nitrogen and oxygen atoms in total. The molecule has 104 valence electrons. The van der Waals surface area contributed by atoms with Crippen LogP contribution >= 0.6 is 0 Å². The third-order valence-corrected chi connectivity index (χ3v) is 2.79. The number of benzene rings is 1. The quantitative estimate of drug-likeness (QED) is 0.775. The minimum atomic E-state index is -1.11. The number of aromatic carboxylic acids is 1. The van der Waals surface area contributed by atoms with Gasteiger partial charge in [-0.05, 0) is 37.3 Å². The standard InChI is InChI=1S/C14H14N2O4/c1-8(11-5-6-12(20-11)14(18)19)16-10-4-2-3-9(7-10)13(15)17/h2-8,16H,1H3,(H2,15,17)(H,18,19). The average Bonchev–Trinajstić information content (AvgIpc) is 2.88. The second kappa shape index (κ2) is 5.48. The lowest BCUT2D eigenvalue weighted by Gasteiger charge is -2.13. The summed E-state index contributed by atoms with van der Waals surface area (Å²) in [6.07, 6.45) is 0. The van der Waals surface area contributed by atoms with Gasteiger partial charge in [-0.1, -0.05) is 6.07 Å². The Morgan fingerprint density at radius 2 is 2.05 bits per heavy atom. The van der Waals surface area contributed by atoms with Crippen molar-refractivity contribution in [3.8, 4) is 0 Å². The monoisotopic (exact) mass is 274 g/mol. The number of nitrogens with two attached hydrogens (primary N) is 1. The first kappa shape index (κ1) is 13.7. The summed E-state index contributed by atoms with van der Waals surface area (Å²) in [5, 5.41) is 11.9. The number of carbonyl (C=O) groups excluding carboxylic acids is 1. The summed E-state index contributed by atoms with van der Waals surface area (Å²) in [4.78, 5) is 21.8. The van der Waals surface area contributed by atoms with E-state index in [1.807, 2.05) is 6.92 Å². The predicted molar refractivity (Wildman–Crippen MR) is 72.7 cm³/mol. The van der Waals surface area contributed by atoms with Crippen molar-refractivity contribution < 1.29 is 19.1 Å². The highest BCUT2D eigenvalue weighted by atomic mass is 16.4. The molecular weight excluding hydrogens is 260 g/mol. The summed E-state index contributed by atoms with van der Waals surface area (Å²) in [7, 11) is 0. The average molecular weight is 274 g/mol. The van der Waals surface area contributed by atoms with E-state index < -0.39 is 11.9 Å². The van der Waals surface area contributed by atoms with Crippen LogP contribution in [0.4, 0.5) is 5.69 Å². The number of hydrogen-bond donors (Lipinski definition) is 3. The van der Waals surface area contributed by atoms with Crippen molar-refractivity contribution in [2.75, 3.05) is 5.32 Å². The van der Waals surface area contributed by atoms with Gasteiger partial charge in [0, 0.05) is 11.3 Å². The van der Waals surface area contributed by atoms with Crippen LogP contribution in [0, 0.1) is 0 Å². The highest BCUT2D eigenvalue weighted by molar-refractivity contribution is 5.93. The van der Waals surface area contributed by atoms with Gasteiger partial charge in [-0.25, -0.2) is 4.79 Å². The van der Waals surface area contributed by atoms with Gasteiger partial charge in [0.05, 0.1) is 6.04 Å². The molecule has 4 N–H and O–H groups in total. The van der Waals surface area contributed by atoms with E-state index in [-0.39, 0.29) is 11.8 Å². The molecule has 6 heteroatoms. The number of furan rings is 1. The van der Waals surface area contributed by atoms with E-state index in [2.05, 4.69) is 5.32 Å². The lowest BCUT2D eigenvalue weighted by atomic mass is 10.1. The van der Waals surface area contributed by atoms with Gasteiger partial charge in [0.1, 0.15) is 5.76 Å². The number of carboxylic acid groups (broad SMARTS) is 1. The van der Waals surface area contributed by atoms with E-state index in [0.29, 0.717) is 17.0 Å². The molecule has 0 aliphatic heterocycles. The van der Waals surface area contributed by atoms with Gasteiger partial charge in [-0.2, -0.15) is 0 Å². The molecule has 0 aliphatic rings. The third kappa shape index (κ3) is 2.97. The Kier molecular flexibility index (Phi) is 3.74. The molecule has 1 heterocycles. The molecule has 0 saturated heterocycles. The topological polar surface area (TPSA) is 106 Å². The van der Waals surface area contributed by atoms with Crippen LogP contribution in [0.3, 0.4) is 0 Å². The van der Waals surface area contributed by atoms with Crippen LogP contribution in [-0.4, -0.2) is 17.0 Å². The minimum Gasteiger partial charge on any atom is -0.475 e. The van der Waals surface area contributed by atoms with Crippen LogP contribution in [0.2, 0.25) is 0 Å². The first-order valence-electron chi connectivity index (χ1n) is 5.97. The molecule has 1 atom stereocenters. The van der Waals surface area contributed by atoms with E-state index >= 15 is 0 Å². The molecular formula is C14H14N2O4. The number of carbonyl (C=O) groups is 2. The van der Waals surface area contributed by atoms with E-state index in [0.717, 1.165) is 0 Å². The van der Waals surface area contributed by atoms with Gasteiger partial charge in [0.15, 0.2) is 0 Å². The van der Waals surface area contributed by atoms with Crippen LogP contribution in [0.15, 0.2) is 40.8 Å². The Hall–Kier alpha value is -2.76. The zero-order valence-electron chi connectivity index (χ0n) is 10.8. The molecule has 1 aromatic carbocycles. The summed E-state index contributed by atoms with van der Waals surface area (Å²) in [5.41, 5.74) is 6.30. The largest absolute Gasteiger partial charge is 0.475 e. The molecule has 1 aromatic heterocycles. The minimum absolute atomic E-state index is 0.112. The smallest absolute Gasteiger partial charge is 0.371 e. The van der Waals surface area contributed by atoms with Crippen LogP contribution < -0.4 is 11.1 Å². The highest BCUT2D eigenvalue weighted by Gasteiger charge is 2.14. The van der Waals surface area contributed by atoms with Gasteiger partial charge in [-0.3, -0.25) is 4.79 Å². The van der Waals surface area contributed by atoms with Gasteiger partial charge in [0.25, 0.3) is 0 Å². The van der Waals surface area contributed by atoms with Gasteiger partial charge in [0.2, 0.25) is 11.7 Å². The van der Waals surface area contributed by atoms with Crippen molar-refractivity contribution in [3.05, 3.63) is 53.5 Å². The van der Waals surface area contributed by atoms with Crippen LogP contribution in [0.5, 0.6) is 0 Å². The number of carboxylic acids is 1. The third-order valence-electron chi connectivity index (χ3n) is 2.79. The maximum absolute atomic E-state index is 11.1. The lowest BCUT2D eigenvalue weighted by Crippen LogP contribution is -2.12. The van der Waals surface area contributed by atoms with E-state index in [1.54, 1.807) is 30.3 Å². The lowest BCUT2D eigenvalue weighted by molar-refractivity contribution is 0.0660. The van der Waals surface area contributed by atoms with Crippen molar-refractivity contribution in [3.63, 3.8) is 0 Å². The predicted octanol–water partition coefficient (Wildman–Crippen LogP) is 2.25. The van der Waals surface area contributed by atoms with Crippen molar-refractivity contribution in [2.45, 2.75) is 13.0 Å². The number of rotatable bonds is 5. The molecule has 2 aromatic rings. The highest BCUT2D eigenvalue weighted by Crippen LogP contribution is 2.22. The van der Waals surface area contributed by atoms with Crippen molar-refractivity contribution in [1.29, 1.82) is 0 Å². The van der Waals surface area contributed by atoms with Gasteiger partial charge in [-0.15, -0.1) is 0 Å². The summed E-state index contributed by atoms with van der Waals surface area (Å²) in [6, 6.07) is 9.48.